The lowest BCUT2D eigenvalue weighted by Crippen LogP contribution is -2.23. The van der Waals surface area contributed by atoms with Crippen LogP contribution in [-0.2, 0) is 11.3 Å². The molecule has 98 valence electrons. The lowest BCUT2D eigenvalue weighted by Gasteiger charge is -2.10. The van der Waals surface area contributed by atoms with Crippen molar-refractivity contribution < 1.29 is 9.66 Å². The molecular formula is C12H15ClN2O3. The maximum atomic E-state index is 10.9. The fourth-order valence-corrected chi connectivity index (χ4v) is 2.28. The Morgan fingerprint density at radius 2 is 2.39 bits per heavy atom. The van der Waals surface area contributed by atoms with Crippen LogP contribution in [0.5, 0.6) is 0 Å². The van der Waals surface area contributed by atoms with Crippen LogP contribution in [-0.4, -0.2) is 24.7 Å². The molecule has 0 spiro atoms. The molecule has 1 aliphatic heterocycles. The van der Waals surface area contributed by atoms with E-state index in [1.165, 1.54) is 6.07 Å². The first-order chi connectivity index (χ1) is 8.68. The molecular weight excluding hydrogens is 256 g/mol. The smallest absolute Gasteiger partial charge is 0.275 e. The summed E-state index contributed by atoms with van der Waals surface area (Å²) < 4.78 is 5.27. The maximum absolute atomic E-state index is 10.9. The molecule has 1 atom stereocenters. The highest BCUT2D eigenvalue weighted by atomic mass is 35.5. The average Bonchev–Trinajstić information content (AvgIpc) is 2.84. The molecule has 5 nitrogen and oxygen atoms in total. The zero-order valence-corrected chi connectivity index (χ0v) is 10.7. The minimum absolute atomic E-state index is 0.0673. The summed E-state index contributed by atoms with van der Waals surface area (Å²) >= 11 is 6.00. The van der Waals surface area contributed by atoms with Gasteiger partial charge in [0.2, 0.25) is 0 Å². The van der Waals surface area contributed by atoms with Gasteiger partial charge in [-0.2, -0.15) is 0 Å². The summed E-state index contributed by atoms with van der Waals surface area (Å²) in [5, 5.41) is 14.5. The van der Waals surface area contributed by atoms with Crippen LogP contribution < -0.4 is 5.32 Å². The quantitative estimate of drug-likeness (QED) is 0.659. The van der Waals surface area contributed by atoms with Gasteiger partial charge in [0.05, 0.1) is 22.1 Å². The zero-order chi connectivity index (χ0) is 13.0. The number of nitro groups is 1. The summed E-state index contributed by atoms with van der Waals surface area (Å²) in [4.78, 5) is 10.5. The molecule has 0 bridgehead atoms. The summed E-state index contributed by atoms with van der Waals surface area (Å²) in [5.74, 6) is 0.492. The lowest BCUT2D eigenvalue weighted by molar-refractivity contribution is -0.385. The first-order valence-corrected chi connectivity index (χ1v) is 6.26. The van der Waals surface area contributed by atoms with Crippen molar-refractivity contribution in [1.29, 1.82) is 0 Å². The van der Waals surface area contributed by atoms with Gasteiger partial charge < -0.3 is 10.1 Å². The number of nitrogens with one attached hydrogen (secondary N) is 1. The van der Waals surface area contributed by atoms with Gasteiger partial charge >= 0.3 is 0 Å². The molecule has 1 N–H and O–H groups in total. The van der Waals surface area contributed by atoms with Crippen LogP contribution in [0.15, 0.2) is 18.2 Å². The molecule has 0 aromatic heterocycles. The van der Waals surface area contributed by atoms with Crippen LogP contribution in [0.3, 0.4) is 0 Å². The predicted molar refractivity (Wildman–Crippen MR) is 68.7 cm³/mol. The van der Waals surface area contributed by atoms with Gasteiger partial charge in [-0.3, -0.25) is 10.1 Å². The fourth-order valence-electron chi connectivity index (χ4n) is 2.04. The molecule has 1 aliphatic rings. The number of nitro benzene ring substituents is 1. The molecule has 6 heteroatoms. The van der Waals surface area contributed by atoms with Crippen LogP contribution in [0, 0.1) is 16.0 Å². The Labute approximate surface area is 110 Å². The Kier molecular flexibility index (Phi) is 4.52. The molecule has 18 heavy (non-hydrogen) atoms. The van der Waals surface area contributed by atoms with Gasteiger partial charge in [0, 0.05) is 25.8 Å². The van der Waals surface area contributed by atoms with Crippen molar-refractivity contribution in [2.45, 2.75) is 13.0 Å². The summed E-state index contributed by atoms with van der Waals surface area (Å²) in [6, 6.07) is 4.74. The summed E-state index contributed by atoms with van der Waals surface area (Å²) in [5.41, 5.74) is 0.612. The minimum Gasteiger partial charge on any atom is -0.381 e. The number of nitrogens with zero attached hydrogens (tertiary/aromatic N) is 1. The summed E-state index contributed by atoms with van der Waals surface area (Å²) in [6.45, 7) is 2.77. The molecule has 1 unspecified atom stereocenters. The van der Waals surface area contributed by atoms with Crippen molar-refractivity contribution in [2.24, 2.45) is 5.92 Å². The zero-order valence-electron chi connectivity index (χ0n) is 9.89. The van der Waals surface area contributed by atoms with Gasteiger partial charge in [-0.15, -0.1) is 0 Å². The van der Waals surface area contributed by atoms with Gasteiger partial charge in [0.25, 0.3) is 5.69 Å². The molecule has 0 aliphatic carbocycles. The third kappa shape index (κ3) is 3.19. The van der Waals surface area contributed by atoms with Gasteiger partial charge in [-0.1, -0.05) is 17.7 Å². The Morgan fingerprint density at radius 1 is 1.56 bits per heavy atom. The molecule has 1 saturated heterocycles. The molecule has 0 amide bonds. The molecule has 1 aromatic rings. The second-order valence-corrected chi connectivity index (χ2v) is 4.76. The topological polar surface area (TPSA) is 64.4 Å². The Bertz CT molecular complexity index is 433. The SMILES string of the molecule is O=[N+]([O-])c1cccc(Cl)c1CNCC1CCOC1. The van der Waals surface area contributed by atoms with Crippen LogP contribution in [0.1, 0.15) is 12.0 Å². The standard InChI is InChI=1S/C12H15ClN2O3/c13-11-2-1-3-12(15(16)17)10(11)7-14-6-9-4-5-18-8-9/h1-3,9,14H,4-8H2. The van der Waals surface area contributed by atoms with E-state index in [4.69, 9.17) is 16.3 Å². The second kappa shape index (κ2) is 6.13. The monoisotopic (exact) mass is 270 g/mol. The first-order valence-electron chi connectivity index (χ1n) is 5.88. The maximum Gasteiger partial charge on any atom is 0.275 e. The van der Waals surface area contributed by atoms with Crippen molar-refractivity contribution in [3.8, 4) is 0 Å². The van der Waals surface area contributed by atoms with Gasteiger partial charge in [-0.25, -0.2) is 0 Å². The van der Waals surface area contributed by atoms with E-state index in [0.29, 0.717) is 23.0 Å². The van der Waals surface area contributed by atoms with Crippen molar-refractivity contribution in [1.82, 2.24) is 5.32 Å². The number of ether oxygens (including phenoxy) is 1. The lowest BCUT2D eigenvalue weighted by atomic mass is 10.1. The number of halogens is 1. The van der Waals surface area contributed by atoms with Crippen molar-refractivity contribution in [2.75, 3.05) is 19.8 Å². The molecule has 1 heterocycles. The third-order valence-corrected chi connectivity index (χ3v) is 3.40. The van der Waals surface area contributed by atoms with Crippen LogP contribution in [0.2, 0.25) is 5.02 Å². The highest BCUT2D eigenvalue weighted by molar-refractivity contribution is 6.31. The van der Waals surface area contributed by atoms with E-state index >= 15 is 0 Å². The first kappa shape index (κ1) is 13.3. The van der Waals surface area contributed by atoms with E-state index in [1.54, 1.807) is 12.1 Å². The van der Waals surface area contributed by atoms with Crippen LogP contribution >= 0.6 is 11.6 Å². The normalized spacial score (nSPS) is 19.1. The van der Waals surface area contributed by atoms with Crippen LogP contribution in [0.25, 0.3) is 0 Å². The summed E-state index contributed by atoms with van der Waals surface area (Å²) in [7, 11) is 0. The highest BCUT2D eigenvalue weighted by Gasteiger charge is 2.18. The van der Waals surface area contributed by atoms with E-state index < -0.39 is 4.92 Å². The molecule has 2 rings (SSSR count). The number of rotatable bonds is 5. The number of hydrogen-bond donors (Lipinski definition) is 1. The minimum atomic E-state index is -0.401. The average molecular weight is 271 g/mol. The Balaban J connectivity index is 1.97. The van der Waals surface area contributed by atoms with E-state index in [1.807, 2.05) is 0 Å². The van der Waals surface area contributed by atoms with Crippen molar-refractivity contribution in [3.63, 3.8) is 0 Å². The molecule has 0 saturated carbocycles. The van der Waals surface area contributed by atoms with E-state index in [2.05, 4.69) is 5.32 Å². The van der Waals surface area contributed by atoms with Crippen molar-refractivity contribution >= 4 is 17.3 Å². The van der Waals surface area contributed by atoms with E-state index in [0.717, 1.165) is 26.2 Å². The predicted octanol–water partition coefficient (Wildman–Crippen LogP) is 2.37. The molecule has 0 radical (unpaired) electrons. The molecule has 1 fully saturated rings. The third-order valence-electron chi connectivity index (χ3n) is 3.05. The number of hydrogen-bond acceptors (Lipinski definition) is 4. The number of benzene rings is 1. The Morgan fingerprint density at radius 3 is 3.06 bits per heavy atom. The highest BCUT2D eigenvalue weighted by Crippen LogP contribution is 2.26. The second-order valence-electron chi connectivity index (χ2n) is 4.36. The van der Waals surface area contributed by atoms with Gasteiger partial charge in [-0.05, 0) is 18.4 Å². The van der Waals surface area contributed by atoms with E-state index in [-0.39, 0.29) is 5.69 Å². The Hall–Kier alpha value is -1.17. The van der Waals surface area contributed by atoms with Gasteiger partial charge in [0.1, 0.15) is 0 Å². The fraction of sp³-hybridized carbons (Fsp3) is 0.500. The summed E-state index contributed by atoms with van der Waals surface area (Å²) in [6.07, 6.45) is 1.04. The van der Waals surface area contributed by atoms with Crippen LogP contribution in [0.4, 0.5) is 5.69 Å². The largest absolute Gasteiger partial charge is 0.381 e. The van der Waals surface area contributed by atoms with E-state index in [9.17, 15) is 10.1 Å². The molecule has 1 aromatic carbocycles. The van der Waals surface area contributed by atoms with Crippen molar-refractivity contribution in [3.05, 3.63) is 38.9 Å². The van der Waals surface area contributed by atoms with Gasteiger partial charge in [0.15, 0.2) is 0 Å².